The summed E-state index contributed by atoms with van der Waals surface area (Å²) in [4.78, 5) is 11.5. The minimum Gasteiger partial charge on any atom is -0.462 e. The van der Waals surface area contributed by atoms with E-state index >= 15 is 0 Å². The van der Waals surface area contributed by atoms with Gasteiger partial charge in [-0.2, -0.15) is 0 Å². The van der Waals surface area contributed by atoms with E-state index in [9.17, 15) is 4.79 Å². The van der Waals surface area contributed by atoms with Crippen LogP contribution in [0.4, 0.5) is 0 Å². The Morgan fingerprint density at radius 2 is 1.67 bits per heavy atom. The van der Waals surface area contributed by atoms with Crippen molar-refractivity contribution in [2.45, 2.75) is 26.6 Å². The van der Waals surface area contributed by atoms with Gasteiger partial charge in [0.05, 0.1) is 12.2 Å². The minimum absolute atomic E-state index is 0.321. The van der Waals surface area contributed by atoms with E-state index < -0.39 is 8.07 Å². The van der Waals surface area contributed by atoms with Crippen molar-refractivity contribution < 1.29 is 9.53 Å². The first-order valence-electron chi connectivity index (χ1n) is 6.73. The first-order chi connectivity index (χ1) is 9.92. The number of benzene rings is 1. The van der Waals surface area contributed by atoms with E-state index in [4.69, 9.17) is 4.74 Å². The van der Waals surface area contributed by atoms with Gasteiger partial charge in [0.1, 0.15) is 8.07 Å². The molecule has 0 bridgehead atoms. The van der Waals surface area contributed by atoms with Crippen LogP contribution in [0.1, 0.15) is 22.8 Å². The molecule has 106 valence electrons. The molecule has 0 saturated carbocycles. The third kappa shape index (κ3) is 7.07. The van der Waals surface area contributed by atoms with Crippen LogP contribution in [0.15, 0.2) is 24.3 Å². The summed E-state index contributed by atoms with van der Waals surface area (Å²) in [5.74, 6) is 13.6. The SMILES string of the molecule is CCOC(=O)c1ccc(C#CC#CC#C[Si](C)(C)C)cc1. The van der Waals surface area contributed by atoms with Crippen molar-refractivity contribution in [1.82, 2.24) is 0 Å². The number of carbonyl (C=O) groups is 1. The average Bonchev–Trinajstić information content (AvgIpc) is 2.42. The fourth-order valence-electron chi connectivity index (χ4n) is 1.29. The van der Waals surface area contributed by atoms with Crippen LogP contribution in [-0.2, 0) is 4.74 Å². The summed E-state index contributed by atoms with van der Waals surface area (Å²) >= 11 is 0. The molecule has 0 aliphatic rings. The Hall–Kier alpha value is -2.41. The number of carbonyl (C=O) groups excluding carboxylic acids is 1. The van der Waals surface area contributed by atoms with E-state index in [1.54, 1.807) is 31.2 Å². The molecule has 0 radical (unpaired) electrons. The van der Waals surface area contributed by atoms with Gasteiger partial charge in [0.2, 0.25) is 0 Å². The fraction of sp³-hybridized carbons (Fsp3) is 0.278. The van der Waals surface area contributed by atoms with Crippen LogP contribution < -0.4 is 0 Å². The molecule has 1 aromatic rings. The van der Waals surface area contributed by atoms with Crippen molar-refractivity contribution in [3.05, 3.63) is 35.4 Å². The largest absolute Gasteiger partial charge is 0.462 e. The van der Waals surface area contributed by atoms with Crippen molar-refractivity contribution >= 4 is 14.0 Å². The number of rotatable bonds is 2. The topological polar surface area (TPSA) is 26.3 Å². The van der Waals surface area contributed by atoms with Crippen LogP contribution in [0.5, 0.6) is 0 Å². The van der Waals surface area contributed by atoms with E-state index in [-0.39, 0.29) is 5.97 Å². The summed E-state index contributed by atoms with van der Waals surface area (Å²) in [5.41, 5.74) is 4.47. The van der Waals surface area contributed by atoms with Gasteiger partial charge in [0.15, 0.2) is 0 Å². The highest BCUT2D eigenvalue weighted by atomic mass is 28.3. The third-order valence-corrected chi connectivity index (χ3v) is 3.10. The standard InChI is InChI=1S/C18H18O2Si/c1-5-20-18(19)17-13-11-16(12-14-17)10-8-6-7-9-15-21(2,3)4/h11-14H,5H2,1-4H3. The summed E-state index contributed by atoms with van der Waals surface area (Å²) in [6.07, 6.45) is 0. The Kier molecular flexibility index (Phi) is 6.34. The van der Waals surface area contributed by atoms with Gasteiger partial charge in [-0.15, -0.1) is 5.54 Å². The van der Waals surface area contributed by atoms with Gasteiger partial charge in [0.25, 0.3) is 0 Å². The first-order valence-corrected chi connectivity index (χ1v) is 10.2. The van der Waals surface area contributed by atoms with Crippen molar-refractivity contribution in [1.29, 1.82) is 0 Å². The lowest BCUT2D eigenvalue weighted by Crippen LogP contribution is -2.16. The number of esters is 1. The van der Waals surface area contributed by atoms with Crippen LogP contribution in [0.2, 0.25) is 19.6 Å². The van der Waals surface area contributed by atoms with Gasteiger partial charge in [-0.3, -0.25) is 0 Å². The van der Waals surface area contributed by atoms with Crippen molar-refractivity contribution in [2.75, 3.05) is 6.61 Å². The Labute approximate surface area is 127 Å². The highest BCUT2D eigenvalue weighted by molar-refractivity contribution is 6.83. The molecule has 0 N–H and O–H groups in total. The molecule has 0 heterocycles. The lowest BCUT2D eigenvalue weighted by molar-refractivity contribution is 0.0526. The van der Waals surface area contributed by atoms with Crippen molar-refractivity contribution in [3.63, 3.8) is 0 Å². The quantitative estimate of drug-likeness (QED) is 0.476. The molecule has 3 heteroatoms. The average molecular weight is 294 g/mol. The predicted octanol–water partition coefficient (Wildman–Crippen LogP) is 3.10. The monoisotopic (exact) mass is 294 g/mol. The highest BCUT2D eigenvalue weighted by Gasteiger charge is 2.06. The summed E-state index contributed by atoms with van der Waals surface area (Å²) < 4.78 is 4.91. The Morgan fingerprint density at radius 3 is 2.24 bits per heavy atom. The van der Waals surface area contributed by atoms with E-state index in [0.29, 0.717) is 12.2 Å². The Morgan fingerprint density at radius 1 is 1.05 bits per heavy atom. The highest BCUT2D eigenvalue weighted by Crippen LogP contribution is 2.04. The smallest absolute Gasteiger partial charge is 0.338 e. The third-order valence-electron chi connectivity index (χ3n) is 2.23. The maximum Gasteiger partial charge on any atom is 0.338 e. The molecule has 0 aromatic heterocycles. The molecular formula is C18H18O2Si. The lowest BCUT2D eigenvalue weighted by atomic mass is 10.1. The number of hydrogen-bond donors (Lipinski definition) is 0. The molecule has 21 heavy (non-hydrogen) atoms. The fourth-order valence-corrected chi connectivity index (χ4v) is 1.73. The maximum atomic E-state index is 11.5. The molecular weight excluding hydrogens is 276 g/mol. The normalized spacial score (nSPS) is 9.14. The van der Waals surface area contributed by atoms with Crippen molar-refractivity contribution in [2.24, 2.45) is 0 Å². The Balaban J connectivity index is 2.69. The van der Waals surface area contributed by atoms with Crippen LogP contribution >= 0.6 is 0 Å². The second kappa shape index (κ2) is 8.00. The van der Waals surface area contributed by atoms with Crippen LogP contribution in [0, 0.1) is 35.1 Å². The minimum atomic E-state index is -1.36. The molecule has 0 unspecified atom stereocenters. The molecule has 1 aromatic carbocycles. The molecule has 0 fully saturated rings. The summed E-state index contributed by atoms with van der Waals surface area (Å²) in [6, 6.07) is 6.93. The summed E-state index contributed by atoms with van der Waals surface area (Å²) in [5, 5.41) is 0. The van der Waals surface area contributed by atoms with Gasteiger partial charge in [-0.25, -0.2) is 4.79 Å². The number of ether oxygens (including phenoxy) is 1. The second-order valence-electron chi connectivity index (χ2n) is 5.30. The molecule has 1 rings (SSSR count). The summed E-state index contributed by atoms with van der Waals surface area (Å²) in [6.45, 7) is 8.64. The first kappa shape index (κ1) is 16.6. The predicted molar refractivity (Wildman–Crippen MR) is 88.2 cm³/mol. The molecule has 0 spiro atoms. The van der Waals surface area contributed by atoms with E-state index in [2.05, 4.69) is 54.8 Å². The van der Waals surface area contributed by atoms with E-state index in [1.807, 2.05) is 0 Å². The molecule has 0 atom stereocenters. The maximum absolute atomic E-state index is 11.5. The summed E-state index contributed by atoms with van der Waals surface area (Å²) in [7, 11) is -1.36. The Bertz CT molecular complexity index is 675. The molecule has 0 amide bonds. The van der Waals surface area contributed by atoms with E-state index in [1.165, 1.54) is 0 Å². The van der Waals surface area contributed by atoms with Crippen LogP contribution in [0.25, 0.3) is 0 Å². The number of hydrogen-bond acceptors (Lipinski definition) is 2. The van der Waals surface area contributed by atoms with E-state index in [0.717, 1.165) is 5.56 Å². The van der Waals surface area contributed by atoms with Gasteiger partial charge >= 0.3 is 5.97 Å². The zero-order valence-corrected chi connectivity index (χ0v) is 13.8. The van der Waals surface area contributed by atoms with Crippen LogP contribution in [0.3, 0.4) is 0 Å². The zero-order chi connectivity index (χ0) is 15.7. The molecule has 0 aliphatic carbocycles. The molecule has 2 nitrogen and oxygen atoms in total. The van der Waals surface area contributed by atoms with Gasteiger partial charge in [0, 0.05) is 5.56 Å². The van der Waals surface area contributed by atoms with Gasteiger partial charge < -0.3 is 4.74 Å². The van der Waals surface area contributed by atoms with Gasteiger partial charge in [-0.1, -0.05) is 25.6 Å². The second-order valence-corrected chi connectivity index (χ2v) is 10.0. The van der Waals surface area contributed by atoms with Crippen molar-refractivity contribution in [3.8, 4) is 35.1 Å². The molecule has 0 saturated heterocycles. The zero-order valence-electron chi connectivity index (χ0n) is 12.8. The van der Waals surface area contributed by atoms with Crippen LogP contribution in [-0.4, -0.2) is 20.7 Å². The molecule has 0 aliphatic heterocycles. The lowest BCUT2D eigenvalue weighted by Gasteiger charge is -2.01. The van der Waals surface area contributed by atoms with Gasteiger partial charge in [-0.05, 0) is 54.9 Å².